The number of imide groups is 1. The molecule has 0 unspecified atom stereocenters. The number of fused-ring (bicyclic) bond motifs is 4. The van der Waals surface area contributed by atoms with Gasteiger partial charge in [0.15, 0.2) is 11.5 Å². The van der Waals surface area contributed by atoms with E-state index in [4.69, 9.17) is 25.2 Å². The quantitative estimate of drug-likeness (QED) is 0.0396. The second-order valence-electron chi connectivity index (χ2n) is 19.6. The Labute approximate surface area is 433 Å². The van der Waals surface area contributed by atoms with Crippen LogP contribution in [0.1, 0.15) is 87.9 Å². The molecule has 4 atom stereocenters. The minimum atomic E-state index is -0.853. The zero-order valence-corrected chi connectivity index (χ0v) is 42.5. The van der Waals surface area contributed by atoms with E-state index >= 15 is 4.39 Å². The average Bonchev–Trinajstić information content (AvgIpc) is 4.18. The molecule has 2 saturated heterocycles. The van der Waals surface area contributed by atoms with Crippen molar-refractivity contribution in [3.8, 4) is 22.9 Å². The van der Waals surface area contributed by atoms with Crippen LogP contribution >= 0.6 is 0 Å². The molecule has 0 radical (unpaired) electrons. The fourth-order valence-electron chi connectivity index (χ4n) is 10.2. The summed E-state index contributed by atoms with van der Waals surface area (Å²) in [4.78, 5) is 112. The second kappa shape index (κ2) is 23.9. The summed E-state index contributed by atoms with van der Waals surface area (Å²) < 4.78 is 27.0. The minimum Gasteiger partial charge on any atom is -0.445 e. The first-order chi connectivity index (χ1) is 36.0. The summed E-state index contributed by atoms with van der Waals surface area (Å²) in [5.74, 6) is -1.60. The van der Waals surface area contributed by atoms with Crippen LogP contribution in [0.25, 0.3) is 11.1 Å². The van der Waals surface area contributed by atoms with Crippen molar-refractivity contribution < 1.29 is 47.4 Å². The number of likely N-dealkylation sites (tertiary alicyclic amines) is 1. The van der Waals surface area contributed by atoms with E-state index in [1.165, 1.54) is 24.3 Å². The Morgan fingerprint density at radius 2 is 1.69 bits per heavy atom. The van der Waals surface area contributed by atoms with Crippen LogP contribution in [0.3, 0.4) is 0 Å². The number of halogens is 1. The summed E-state index contributed by atoms with van der Waals surface area (Å²) in [5, 5.41) is 11.4. The molecule has 2 fully saturated rings. The molecule has 0 bridgehead atoms. The van der Waals surface area contributed by atoms with E-state index in [-0.39, 0.29) is 86.4 Å². The number of nitrogens with zero attached hydrogens (tertiary/aromatic N) is 7. The molecule has 1 aliphatic carbocycles. The molecule has 75 heavy (non-hydrogen) atoms. The molecule has 3 aliphatic heterocycles. The van der Waals surface area contributed by atoms with Crippen LogP contribution in [0, 0.1) is 30.5 Å². The minimum absolute atomic E-state index is 0.0334. The van der Waals surface area contributed by atoms with E-state index in [9.17, 15) is 33.6 Å². The van der Waals surface area contributed by atoms with Gasteiger partial charge in [0.05, 0.1) is 30.2 Å². The van der Waals surface area contributed by atoms with Crippen LogP contribution in [-0.2, 0) is 41.7 Å². The Morgan fingerprint density at radius 3 is 2.40 bits per heavy atom. The van der Waals surface area contributed by atoms with Crippen LogP contribution in [0.4, 0.5) is 31.2 Å². The van der Waals surface area contributed by atoms with Gasteiger partial charge in [-0.05, 0) is 85.9 Å². The lowest BCUT2D eigenvalue weighted by Crippen LogP contribution is -2.45. The van der Waals surface area contributed by atoms with Gasteiger partial charge in [0.1, 0.15) is 24.1 Å². The Bertz CT molecular complexity index is 2830. The Balaban J connectivity index is 0.858. The number of hydrogen-bond acceptors (Lipinski definition) is 15. The summed E-state index contributed by atoms with van der Waals surface area (Å²) >= 11 is 0. The number of ether oxygens (including phenoxy) is 2. The third-order valence-electron chi connectivity index (χ3n) is 14.0. The van der Waals surface area contributed by atoms with Crippen LogP contribution < -0.4 is 36.6 Å². The number of ketones is 1. The van der Waals surface area contributed by atoms with Crippen molar-refractivity contribution in [3.63, 3.8) is 0 Å². The predicted molar refractivity (Wildman–Crippen MR) is 274 cm³/mol. The topological polar surface area (TPSA) is 273 Å². The molecule has 4 aliphatic rings. The lowest BCUT2D eigenvalue weighted by atomic mass is 9.89. The number of anilines is 3. The molecule has 0 saturated carbocycles. The molecule has 4 aromatic rings. The number of nitrogens with two attached hydrogens (primary N) is 1. The van der Waals surface area contributed by atoms with Gasteiger partial charge in [0, 0.05) is 100.0 Å². The highest BCUT2D eigenvalue weighted by atomic mass is 19.1. The maximum absolute atomic E-state index is 15.0. The van der Waals surface area contributed by atoms with E-state index < -0.39 is 35.8 Å². The smallest absolute Gasteiger partial charge is 0.410 e. The third-order valence-corrected chi connectivity index (χ3v) is 14.0. The Kier molecular flexibility index (Phi) is 17.0. The van der Waals surface area contributed by atoms with Gasteiger partial charge in [-0.25, -0.2) is 23.9 Å². The van der Waals surface area contributed by atoms with Gasteiger partial charge in [-0.3, -0.25) is 28.9 Å². The van der Waals surface area contributed by atoms with Crippen molar-refractivity contribution in [2.45, 2.75) is 97.2 Å². The van der Waals surface area contributed by atoms with E-state index in [1.807, 2.05) is 13.8 Å². The largest absolute Gasteiger partial charge is 0.445 e. The van der Waals surface area contributed by atoms with E-state index in [0.717, 1.165) is 22.4 Å². The highest BCUT2D eigenvalue weighted by molar-refractivity contribution is 6.12. The fraction of sp³-hybridized carbons (Fsp3) is 0.453. The number of urea groups is 1. The van der Waals surface area contributed by atoms with Crippen molar-refractivity contribution >= 4 is 58.7 Å². The first-order valence-corrected chi connectivity index (χ1v) is 25.4. The first-order valence-electron chi connectivity index (χ1n) is 25.4. The molecular formula is C53H63FN12O9. The van der Waals surface area contributed by atoms with E-state index in [0.29, 0.717) is 97.3 Å². The maximum atomic E-state index is 15.0. The summed E-state index contributed by atoms with van der Waals surface area (Å²) in [6.07, 6.45) is 8.46. The number of aromatic nitrogens is 4. The number of Topliss-reactive ketones (excluding diaryl/α,β-unsaturated/α-hetero) is 1. The lowest BCUT2D eigenvalue weighted by molar-refractivity contribution is -0.137. The molecular weight excluding hydrogens is 968 g/mol. The number of benzene rings is 2. The van der Waals surface area contributed by atoms with Crippen molar-refractivity contribution in [2.75, 3.05) is 55.3 Å². The number of hydrogen-bond donors (Lipinski definition) is 5. The van der Waals surface area contributed by atoms with Crippen molar-refractivity contribution in [1.82, 2.24) is 40.4 Å². The lowest BCUT2D eigenvalue weighted by Gasteiger charge is -2.26. The van der Waals surface area contributed by atoms with Gasteiger partial charge in [-0.2, -0.15) is 9.97 Å². The number of carbonyl (C=O) groups excluding carboxylic acids is 7. The number of aryl methyl sites for hydroxylation is 1. The fourth-order valence-corrected chi connectivity index (χ4v) is 10.2. The average molecular weight is 1030 g/mol. The molecule has 396 valence electrons. The SMILES string of the molecule is CNc1cc(F)cc2c1Cc1nc(Oc3cnc(C)nc3)nc(N3C[C@@H]4CCN(C(=O)OCc5ccc(NC(=O)[C@H](CCCNC(N)=O)CC(=O)[C@@H](NC(=O)CCCCCN6C(=O)C=CC6=O)C(C)C)cc5)[C@@H]4C3)c1-2. The summed E-state index contributed by atoms with van der Waals surface area (Å²) in [5.41, 5.74) is 10.0. The standard InChI is InChI=1S/C53H63FN12O9/c1-30(2)48(62-44(68)10-6-5-7-19-66-45(69)15-16-46(66)70)43(67)21-33(9-8-18-57-51(55)72)50(71)60-36-13-11-32(12-14-36)29-74-53(73)65-20-17-34-27-64(28-42(34)65)49-47-39-22-35(54)23-40(56-4)38(39)24-41(47)61-52(63-49)75-37-25-58-31(3)59-26-37/h11-16,22-23,25-26,30,33-34,42,48,56H,5-10,17-21,24,27-29H2,1-4H3,(H,60,71)(H,62,68)(H3,55,57,72)/t33-,34+,42-,48+/m1/s1. The molecule has 21 nitrogen and oxygen atoms in total. The van der Waals surface area contributed by atoms with Gasteiger partial charge in [0.25, 0.3) is 11.8 Å². The third kappa shape index (κ3) is 13.0. The number of nitrogens with one attached hydrogen (secondary N) is 4. The van der Waals surface area contributed by atoms with Crippen LogP contribution in [0.5, 0.6) is 11.8 Å². The molecule has 8 rings (SSSR count). The van der Waals surface area contributed by atoms with Crippen LogP contribution in [-0.4, -0.2) is 123 Å². The number of primary amides is 1. The second-order valence-corrected chi connectivity index (χ2v) is 19.6. The molecule has 7 amide bonds. The molecule has 0 spiro atoms. The highest BCUT2D eigenvalue weighted by Gasteiger charge is 2.46. The van der Waals surface area contributed by atoms with Gasteiger partial charge in [-0.15, -0.1) is 0 Å². The zero-order valence-electron chi connectivity index (χ0n) is 42.5. The van der Waals surface area contributed by atoms with Crippen LogP contribution in [0.15, 0.2) is 60.9 Å². The van der Waals surface area contributed by atoms with Gasteiger partial charge < -0.3 is 46.3 Å². The van der Waals surface area contributed by atoms with Gasteiger partial charge in [0.2, 0.25) is 11.8 Å². The summed E-state index contributed by atoms with van der Waals surface area (Å²) in [6, 6.07) is 8.14. The summed E-state index contributed by atoms with van der Waals surface area (Å²) in [7, 11) is 1.75. The number of unbranched alkanes of at least 4 members (excludes halogenated alkanes) is 2. The van der Waals surface area contributed by atoms with E-state index in [2.05, 4.69) is 36.1 Å². The number of rotatable bonds is 23. The predicted octanol–water partition coefficient (Wildman–Crippen LogP) is 5.56. The first kappa shape index (κ1) is 53.3. The van der Waals surface area contributed by atoms with Crippen molar-refractivity contribution in [1.29, 1.82) is 0 Å². The van der Waals surface area contributed by atoms with Crippen molar-refractivity contribution in [3.05, 3.63) is 89.4 Å². The molecule has 5 heterocycles. The Morgan fingerprint density at radius 1 is 0.947 bits per heavy atom. The zero-order chi connectivity index (χ0) is 53.3. The maximum Gasteiger partial charge on any atom is 0.410 e. The monoisotopic (exact) mass is 1030 g/mol. The number of carbonyl (C=O) groups is 7. The molecule has 2 aromatic carbocycles. The molecule has 2 aromatic heterocycles. The Hall–Kier alpha value is -8.04. The van der Waals surface area contributed by atoms with Gasteiger partial charge >= 0.3 is 18.1 Å². The van der Waals surface area contributed by atoms with Gasteiger partial charge in [-0.1, -0.05) is 32.4 Å². The van der Waals surface area contributed by atoms with Crippen LogP contribution in [0.2, 0.25) is 0 Å². The van der Waals surface area contributed by atoms with Crippen molar-refractivity contribution in [2.24, 2.45) is 23.5 Å². The molecule has 6 N–H and O–H groups in total. The number of amides is 7. The summed E-state index contributed by atoms with van der Waals surface area (Å²) in [6.45, 7) is 7.36. The molecule has 22 heteroatoms. The highest BCUT2D eigenvalue weighted by Crippen LogP contribution is 2.47. The normalized spacial score (nSPS) is 17.1. The van der Waals surface area contributed by atoms with E-state index in [1.54, 1.807) is 55.5 Å².